The lowest BCUT2D eigenvalue weighted by Crippen LogP contribution is -2.54. The zero-order valence-corrected chi connectivity index (χ0v) is 13.1. The molecule has 1 aromatic rings. The molecule has 2 rings (SSSR count). The van der Waals surface area contributed by atoms with Gasteiger partial charge in [0.2, 0.25) is 0 Å². The van der Waals surface area contributed by atoms with Gasteiger partial charge in [-0.25, -0.2) is 4.79 Å². The van der Waals surface area contributed by atoms with Crippen LogP contribution in [0.4, 0.5) is 13.2 Å². The molecule has 1 saturated heterocycles. The van der Waals surface area contributed by atoms with E-state index in [1.807, 2.05) is 0 Å². The number of carbonyl (C=O) groups is 1. The minimum atomic E-state index is -4.66. The van der Waals surface area contributed by atoms with Crippen LogP contribution >= 0.6 is 12.2 Å². The molecular weight excluding hydrogens is 335 g/mol. The Morgan fingerprint density at radius 2 is 2.00 bits per heavy atom. The molecule has 1 aliphatic heterocycles. The van der Waals surface area contributed by atoms with E-state index in [-0.39, 0.29) is 16.3 Å². The van der Waals surface area contributed by atoms with Gasteiger partial charge in [-0.05, 0) is 18.6 Å². The average Bonchev–Trinajstić information content (AvgIpc) is 2.42. The van der Waals surface area contributed by atoms with Gasteiger partial charge in [0.1, 0.15) is 16.6 Å². The van der Waals surface area contributed by atoms with Gasteiger partial charge < -0.3 is 19.5 Å². The Morgan fingerprint density at radius 3 is 2.39 bits per heavy atom. The lowest BCUT2D eigenvalue weighted by Gasteiger charge is -2.40. The number of carboxylic acids is 1. The third kappa shape index (κ3) is 3.19. The Balaban J connectivity index is 2.47. The number of halogens is 3. The van der Waals surface area contributed by atoms with Gasteiger partial charge in [0.15, 0.2) is 11.5 Å². The maximum Gasteiger partial charge on any atom is 0.420 e. The quantitative estimate of drug-likeness (QED) is 0.843. The summed E-state index contributed by atoms with van der Waals surface area (Å²) < 4.78 is 49.4. The van der Waals surface area contributed by atoms with Crippen LogP contribution in [0.1, 0.15) is 17.5 Å². The molecule has 0 aliphatic carbocycles. The Labute approximate surface area is 135 Å². The fourth-order valence-corrected chi connectivity index (χ4v) is 2.69. The largest absolute Gasteiger partial charge is 0.493 e. The highest BCUT2D eigenvalue weighted by Gasteiger charge is 2.39. The first-order valence-corrected chi connectivity index (χ1v) is 6.98. The summed E-state index contributed by atoms with van der Waals surface area (Å²) in [5.41, 5.74) is -0.958. The highest BCUT2D eigenvalue weighted by atomic mass is 32.1. The van der Waals surface area contributed by atoms with Crippen molar-refractivity contribution in [2.45, 2.75) is 18.6 Å². The smallest absolute Gasteiger partial charge is 0.420 e. The predicted molar refractivity (Wildman–Crippen MR) is 79.0 cm³/mol. The number of carboxylic acid groups (broad SMARTS) is 1. The molecule has 1 N–H and O–H groups in total. The zero-order valence-electron chi connectivity index (χ0n) is 12.3. The van der Waals surface area contributed by atoms with E-state index in [0.29, 0.717) is 13.0 Å². The number of thiocarbonyl (C=S) groups is 1. The maximum absolute atomic E-state index is 13.2. The van der Waals surface area contributed by atoms with Crippen molar-refractivity contribution in [2.24, 2.45) is 0 Å². The normalized spacial score (nSPS) is 17.4. The molecule has 1 fully saturated rings. The second-order valence-electron chi connectivity index (χ2n) is 4.90. The van der Waals surface area contributed by atoms with E-state index in [9.17, 15) is 18.0 Å². The molecular formula is C14H14F3NO4S. The summed E-state index contributed by atoms with van der Waals surface area (Å²) in [7, 11) is 2.33. The summed E-state index contributed by atoms with van der Waals surface area (Å²) in [4.78, 5) is 12.5. The van der Waals surface area contributed by atoms with Crippen LogP contribution in [0.2, 0.25) is 0 Å². The third-order valence-electron chi connectivity index (χ3n) is 3.60. The number of alkyl halides is 3. The fraction of sp³-hybridized carbons (Fsp3) is 0.429. The van der Waals surface area contributed by atoms with Gasteiger partial charge in [-0.3, -0.25) is 0 Å². The molecule has 1 atom stereocenters. The molecule has 126 valence electrons. The van der Waals surface area contributed by atoms with Crippen LogP contribution in [-0.4, -0.2) is 47.8 Å². The van der Waals surface area contributed by atoms with Gasteiger partial charge in [-0.2, -0.15) is 13.2 Å². The van der Waals surface area contributed by atoms with Crippen LogP contribution in [0.25, 0.3) is 0 Å². The number of rotatable bonds is 4. The molecule has 0 aromatic heterocycles. The van der Waals surface area contributed by atoms with Gasteiger partial charge in [0.05, 0.1) is 14.2 Å². The molecule has 5 nitrogen and oxygen atoms in total. The second kappa shape index (κ2) is 6.23. The SMILES string of the molecule is COc1cc(C(=S)N2CC[C@@H]2C(=O)O)cc(C(F)(F)F)c1OC. The molecule has 0 saturated carbocycles. The monoisotopic (exact) mass is 349 g/mol. The van der Waals surface area contributed by atoms with E-state index in [1.54, 1.807) is 0 Å². The summed E-state index contributed by atoms with van der Waals surface area (Å²) in [6.45, 7) is 0.380. The van der Waals surface area contributed by atoms with Crippen molar-refractivity contribution in [1.82, 2.24) is 4.90 Å². The standard InChI is InChI=1S/C14H14F3NO4S/c1-21-10-6-7(5-8(11(10)22-2)14(15,16)17)12(23)18-4-3-9(18)13(19)20/h5-6,9H,3-4H2,1-2H3,(H,19,20)/t9-/m1/s1. The minimum Gasteiger partial charge on any atom is -0.493 e. The van der Waals surface area contributed by atoms with Crippen LogP contribution in [0.15, 0.2) is 12.1 Å². The van der Waals surface area contributed by atoms with Crippen molar-refractivity contribution in [3.8, 4) is 11.5 Å². The van der Waals surface area contributed by atoms with Gasteiger partial charge in [0.25, 0.3) is 0 Å². The number of hydrogen-bond donors (Lipinski definition) is 1. The summed E-state index contributed by atoms with van der Waals surface area (Å²) in [6, 6.07) is 1.35. The van der Waals surface area contributed by atoms with Crippen LogP contribution < -0.4 is 9.47 Å². The molecule has 0 bridgehead atoms. The molecule has 9 heteroatoms. The van der Waals surface area contributed by atoms with Crippen LogP contribution in [0, 0.1) is 0 Å². The number of methoxy groups -OCH3 is 2. The van der Waals surface area contributed by atoms with E-state index in [1.165, 1.54) is 18.1 Å². The van der Waals surface area contributed by atoms with E-state index in [4.69, 9.17) is 26.8 Å². The first-order valence-electron chi connectivity index (χ1n) is 6.57. The number of likely N-dealkylation sites (tertiary alicyclic amines) is 1. The molecule has 1 aromatic carbocycles. The lowest BCUT2D eigenvalue weighted by atomic mass is 10.0. The number of hydrogen-bond acceptors (Lipinski definition) is 4. The summed E-state index contributed by atoms with van der Waals surface area (Å²) in [5.74, 6) is -1.62. The first kappa shape index (κ1) is 17.3. The minimum absolute atomic E-state index is 0.0371. The molecule has 23 heavy (non-hydrogen) atoms. The van der Waals surface area contributed by atoms with E-state index in [2.05, 4.69) is 0 Å². The van der Waals surface area contributed by atoms with Crippen LogP contribution in [0.3, 0.4) is 0 Å². The van der Waals surface area contributed by atoms with Crippen molar-refractivity contribution in [2.75, 3.05) is 20.8 Å². The van der Waals surface area contributed by atoms with E-state index in [0.717, 1.165) is 13.2 Å². The topological polar surface area (TPSA) is 59.0 Å². The fourth-order valence-electron chi connectivity index (χ4n) is 2.35. The van der Waals surface area contributed by atoms with Crippen molar-refractivity contribution in [3.05, 3.63) is 23.3 Å². The summed E-state index contributed by atoms with van der Waals surface area (Å²) in [5, 5.41) is 9.04. The number of ether oxygens (including phenoxy) is 2. The molecule has 0 spiro atoms. The van der Waals surface area contributed by atoms with Gasteiger partial charge in [-0.1, -0.05) is 12.2 Å². The van der Waals surface area contributed by atoms with Crippen molar-refractivity contribution >= 4 is 23.2 Å². The van der Waals surface area contributed by atoms with Crippen molar-refractivity contribution < 1.29 is 32.5 Å². The van der Waals surface area contributed by atoms with Gasteiger partial charge in [0, 0.05) is 12.1 Å². The van der Waals surface area contributed by atoms with Gasteiger partial charge >= 0.3 is 12.1 Å². The van der Waals surface area contributed by atoms with Gasteiger partial charge in [-0.15, -0.1) is 0 Å². The molecule has 0 unspecified atom stereocenters. The Kier molecular flexibility index (Phi) is 4.69. The second-order valence-corrected chi connectivity index (χ2v) is 5.29. The van der Waals surface area contributed by atoms with Crippen molar-refractivity contribution in [3.63, 3.8) is 0 Å². The lowest BCUT2D eigenvalue weighted by molar-refractivity contribution is -0.145. The summed E-state index contributed by atoms with van der Waals surface area (Å²) in [6.07, 6.45) is -4.26. The van der Waals surface area contributed by atoms with Crippen molar-refractivity contribution in [1.29, 1.82) is 0 Å². The molecule has 0 radical (unpaired) electrons. The zero-order chi connectivity index (χ0) is 17.4. The highest BCUT2D eigenvalue weighted by Crippen LogP contribution is 2.43. The number of benzene rings is 1. The number of nitrogens with zero attached hydrogens (tertiary/aromatic N) is 1. The Bertz CT molecular complexity index is 648. The van der Waals surface area contributed by atoms with E-state index >= 15 is 0 Å². The predicted octanol–water partition coefficient (Wildman–Crippen LogP) is 2.56. The number of aliphatic carboxylic acids is 1. The highest BCUT2D eigenvalue weighted by molar-refractivity contribution is 7.80. The maximum atomic E-state index is 13.2. The molecule has 0 amide bonds. The first-order chi connectivity index (χ1) is 10.7. The Morgan fingerprint density at radius 1 is 1.35 bits per heavy atom. The van der Waals surface area contributed by atoms with Crippen LogP contribution in [0.5, 0.6) is 11.5 Å². The summed E-state index contributed by atoms with van der Waals surface area (Å²) >= 11 is 5.16. The van der Waals surface area contributed by atoms with E-state index < -0.39 is 29.5 Å². The Hall–Kier alpha value is -2.03. The average molecular weight is 349 g/mol. The molecule has 1 aliphatic rings. The van der Waals surface area contributed by atoms with Crippen LogP contribution in [-0.2, 0) is 11.0 Å². The third-order valence-corrected chi connectivity index (χ3v) is 4.07. The molecule has 1 heterocycles.